The van der Waals surface area contributed by atoms with Crippen LogP contribution in [0.25, 0.3) is 11.2 Å². The molecule has 0 saturated heterocycles. The van der Waals surface area contributed by atoms with Crippen molar-refractivity contribution in [1.29, 1.82) is 0 Å². The zero-order valence-electron chi connectivity index (χ0n) is 11.9. The van der Waals surface area contributed by atoms with Crippen LogP contribution in [-0.4, -0.2) is 24.5 Å². The topological polar surface area (TPSA) is 78.9 Å². The minimum Gasteiger partial charge on any atom is -0.328 e. The predicted octanol–water partition coefficient (Wildman–Crippen LogP) is 0.193. The number of aryl methyl sites for hydroxylation is 2. The standard InChI is InChI=1S/C13H18N4O3/c1-4-5-9(18)6-7-17-12(19)10-11(14-8-15(10)2)16(3)13(17)20/h8H,4-7H2,1-3H3. The molecule has 2 heterocycles. The van der Waals surface area contributed by atoms with E-state index in [1.165, 1.54) is 10.9 Å². The summed E-state index contributed by atoms with van der Waals surface area (Å²) in [5.74, 6) is 0.0616. The van der Waals surface area contributed by atoms with Crippen LogP contribution in [0.4, 0.5) is 0 Å². The van der Waals surface area contributed by atoms with Gasteiger partial charge in [-0.2, -0.15) is 0 Å². The first-order valence-corrected chi connectivity index (χ1v) is 6.60. The molecule has 20 heavy (non-hydrogen) atoms. The molecule has 0 saturated carbocycles. The maximum Gasteiger partial charge on any atom is 0.332 e. The monoisotopic (exact) mass is 278 g/mol. The number of fused-ring (bicyclic) bond motifs is 1. The molecule has 0 atom stereocenters. The van der Waals surface area contributed by atoms with E-state index in [0.29, 0.717) is 17.6 Å². The van der Waals surface area contributed by atoms with Crippen molar-refractivity contribution in [3.05, 3.63) is 27.2 Å². The molecule has 7 nitrogen and oxygen atoms in total. The van der Waals surface area contributed by atoms with Gasteiger partial charge in [-0.25, -0.2) is 9.78 Å². The van der Waals surface area contributed by atoms with Crippen molar-refractivity contribution in [2.75, 3.05) is 0 Å². The molecule has 0 fully saturated rings. The summed E-state index contributed by atoms with van der Waals surface area (Å²) >= 11 is 0. The van der Waals surface area contributed by atoms with Gasteiger partial charge in [0.2, 0.25) is 0 Å². The summed E-state index contributed by atoms with van der Waals surface area (Å²) in [6, 6.07) is 0. The van der Waals surface area contributed by atoms with Crippen LogP contribution < -0.4 is 11.2 Å². The molecule has 0 spiro atoms. The third-order valence-corrected chi connectivity index (χ3v) is 3.34. The summed E-state index contributed by atoms with van der Waals surface area (Å²) in [7, 11) is 3.27. The van der Waals surface area contributed by atoms with Crippen LogP contribution in [0.15, 0.2) is 15.9 Å². The molecular formula is C13H18N4O3. The number of aromatic nitrogens is 4. The van der Waals surface area contributed by atoms with Crippen LogP contribution in [0.5, 0.6) is 0 Å². The van der Waals surface area contributed by atoms with E-state index in [-0.39, 0.29) is 18.7 Å². The fraction of sp³-hybridized carbons (Fsp3) is 0.538. The summed E-state index contributed by atoms with van der Waals surface area (Å²) in [5, 5.41) is 0. The number of rotatable bonds is 5. The van der Waals surface area contributed by atoms with Gasteiger partial charge in [-0.3, -0.25) is 18.7 Å². The Morgan fingerprint density at radius 3 is 2.60 bits per heavy atom. The van der Waals surface area contributed by atoms with Crippen molar-refractivity contribution >= 4 is 16.9 Å². The third kappa shape index (κ3) is 2.31. The lowest BCUT2D eigenvalue weighted by Crippen LogP contribution is -2.40. The maximum atomic E-state index is 12.3. The molecule has 0 bridgehead atoms. The van der Waals surface area contributed by atoms with Crippen LogP contribution >= 0.6 is 0 Å². The Labute approximate surface area is 115 Å². The van der Waals surface area contributed by atoms with E-state index in [0.717, 1.165) is 11.0 Å². The van der Waals surface area contributed by atoms with Gasteiger partial charge in [0, 0.05) is 33.5 Å². The van der Waals surface area contributed by atoms with Crippen molar-refractivity contribution < 1.29 is 4.79 Å². The lowest BCUT2D eigenvalue weighted by molar-refractivity contribution is -0.119. The minimum absolute atomic E-state index is 0.0616. The van der Waals surface area contributed by atoms with Crippen LogP contribution in [0.3, 0.4) is 0 Å². The van der Waals surface area contributed by atoms with E-state index in [9.17, 15) is 14.4 Å². The van der Waals surface area contributed by atoms with Crippen molar-refractivity contribution in [1.82, 2.24) is 18.7 Å². The second kappa shape index (κ2) is 5.44. The Morgan fingerprint density at radius 2 is 1.95 bits per heavy atom. The zero-order chi connectivity index (χ0) is 14.9. The highest BCUT2D eigenvalue weighted by molar-refractivity contribution is 5.78. The van der Waals surface area contributed by atoms with Crippen molar-refractivity contribution in [2.45, 2.75) is 32.7 Å². The molecule has 0 aliphatic heterocycles. The molecule has 0 N–H and O–H groups in total. The SMILES string of the molecule is CCCC(=O)CCn1c(=O)c2c(ncn2C)n(C)c1=O. The van der Waals surface area contributed by atoms with E-state index < -0.39 is 11.2 Å². The second-order valence-electron chi connectivity index (χ2n) is 4.86. The summed E-state index contributed by atoms with van der Waals surface area (Å²) in [6.07, 6.45) is 2.94. The van der Waals surface area contributed by atoms with Gasteiger partial charge in [-0.05, 0) is 6.42 Å². The van der Waals surface area contributed by atoms with Crippen molar-refractivity contribution in [3.63, 3.8) is 0 Å². The number of carbonyl (C=O) groups excluding carboxylic acids is 1. The summed E-state index contributed by atoms with van der Waals surface area (Å²) in [6.45, 7) is 2.04. The number of hydrogen-bond donors (Lipinski definition) is 0. The molecule has 0 radical (unpaired) electrons. The minimum atomic E-state index is -0.439. The number of hydrogen-bond acceptors (Lipinski definition) is 4. The molecule has 2 aromatic heterocycles. The van der Waals surface area contributed by atoms with E-state index in [1.807, 2.05) is 6.92 Å². The Bertz CT molecular complexity index is 766. The van der Waals surface area contributed by atoms with Crippen LogP contribution in [0.2, 0.25) is 0 Å². The largest absolute Gasteiger partial charge is 0.332 e. The Morgan fingerprint density at radius 1 is 1.25 bits per heavy atom. The molecule has 108 valence electrons. The number of imidazole rings is 1. The third-order valence-electron chi connectivity index (χ3n) is 3.34. The molecule has 0 aliphatic carbocycles. The Kier molecular flexibility index (Phi) is 3.87. The second-order valence-corrected chi connectivity index (χ2v) is 4.86. The van der Waals surface area contributed by atoms with Gasteiger partial charge in [0.1, 0.15) is 5.78 Å². The van der Waals surface area contributed by atoms with Crippen molar-refractivity contribution in [3.8, 4) is 0 Å². The molecule has 0 unspecified atom stereocenters. The van der Waals surface area contributed by atoms with Gasteiger partial charge < -0.3 is 4.57 Å². The average molecular weight is 278 g/mol. The number of nitrogens with zero attached hydrogens (tertiary/aromatic N) is 4. The Hall–Kier alpha value is -2.18. The predicted molar refractivity (Wildman–Crippen MR) is 74.7 cm³/mol. The molecule has 0 aliphatic rings. The first-order valence-electron chi connectivity index (χ1n) is 6.60. The summed E-state index contributed by atoms with van der Waals surface area (Å²) < 4.78 is 4.03. The normalized spacial score (nSPS) is 11.2. The fourth-order valence-electron chi connectivity index (χ4n) is 2.23. The van der Waals surface area contributed by atoms with Gasteiger partial charge in [0.15, 0.2) is 11.2 Å². The fourth-order valence-corrected chi connectivity index (χ4v) is 2.23. The average Bonchev–Trinajstić information content (AvgIpc) is 2.79. The van der Waals surface area contributed by atoms with E-state index in [2.05, 4.69) is 4.98 Å². The number of carbonyl (C=O) groups is 1. The van der Waals surface area contributed by atoms with E-state index in [4.69, 9.17) is 0 Å². The highest BCUT2D eigenvalue weighted by atomic mass is 16.2. The lowest BCUT2D eigenvalue weighted by atomic mass is 10.2. The smallest absolute Gasteiger partial charge is 0.328 e. The molecular weight excluding hydrogens is 260 g/mol. The molecule has 0 amide bonds. The van der Waals surface area contributed by atoms with Crippen molar-refractivity contribution in [2.24, 2.45) is 14.1 Å². The summed E-state index contributed by atoms with van der Waals surface area (Å²) in [4.78, 5) is 40.1. The van der Waals surface area contributed by atoms with Crippen LogP contribution in [-0.2, 0) is 25.4 Å². The summed E-state index contributed by atoms with van der Waals surface area (Å²) in [5.41, 5.74) is -0.105. The first kappa shape index (κ1) is 14.2. The number of ketones is 1. The lowest BCUT2D eigenvalue weighted by Gasteiger charge is -2.08. The van der Waals surface area contributed by atoms with E-state index in [1.54, 1.807) is 18.7 Å². The zero-order valence-corrected chi connectivity index (χ0v) is 11.9. The molecule has 2 rings (SSSR count). The van der Waals surface area contributed by atoms with Gasteiger partial charge in [-0.15, -0.1) is 0 Å². The quantitative estimate of drug-likeness (QED) is 0.782. The Balaban J connectivity index is 2.48. The molecule has 2 aromatic rings. The van der Waals surface area contributed by atoms with Crippen LogP contribution in [0.1, 0.15) is 26.2 Å². The van der Waals surface area contributed by atoms with Gasteiger partial charge in [0.25, 0.3) is 5.56 Å². The number of Topliss-reactive ketones (excluding diaryl/α,β-unsaturated/α-hetero) is 1. The molecule has 7 heteroatoms. The highest BCUT2D eigenvalue weighted by Gasteiger charge is 2.15. The van der Waals surface area contributed by atoms with Gasteiger partial charge in [-0.1, -0.05) is 6.92 Å². The molecule has 0 aromatic carbocycles. The first-order chi connectivity index (χ1) is 9.47. The maximum absolute atomic E-state index is 12.3. The highest BCUT2D eigenvalue weighted by Crippen LogP contribution is 2.03. The van der Waals surface area contributed by atoms with Gasteiger partial charge >= 0.3 is 5.69 Å². The van der Waals surface area contributed by atoms with Gasteiger partial charge in [0.05, 0.1) is 6.33 Å². The van der Waals surface area contributed by atoms with Crippen LogP contribution in [0, 0.1) is 0 Å². The van der Waals surface area contributed by atoms with E-state index >= 15 is 0 Å².